The molecule has 0 heterocycles. The minimum Gasteiger partial charge on any atom is -0.245 e. The minimum absolute atomic E-state index is 1.09. The van der Waals surface area contributed by atoms with Gasteiger partial charge in [-0.25, -0.2) is 3.93 Å². The zero-order valence-electron chi connectivity index (χ0n) is 7.33. The van der Waals surface area contributed by atoms with Gasteiger partial charge in [0.05, 0.1) is 0 Å². The third-order valence-electron chi connectivity index (χ3n) is 1.77. The Labute approximate surface area is 82.7 Å². The zero-order chi connectivity index (χ0) is 8.81. The maximum absolute atomic E-state index is 3.38. The molecule has 0 saturated carbocycles. The Kier molecular flexibility index (Phi) is 4.33. The maximum Gasteiger partial charge on any atom is 0.0117 e. The van der Waals surface area contributed by atoms with Gasteiger partial charge >= 0.3 is 0 Å². The molecule has 0 amide bonds. The number of benzene rings is 1. The lowest BCUT2D eigenvalue weighted by Gasteiger charge is -2.06. The van der Waals surface area contributed by atoms with Crippen molar-refractivity contribution in [3.8, 4) is 0 Å². The van der Waals surface area contributed by atoms with Gasteiger partial charge in [0.25, 0.3) is 0 Å². The van der Waals surface area contributed by atoms with Crippen molar-refractivity contribution < 1.29 is 0 Å². The summed E-state index contributed by atoms with van der Waals surface area (Å²) in [5.74, 6) is 0. The van der Waals surface area contributed by atoms with E-state index in [0.717, 1.165) is 13.0 Å². The monoisotopic (exact) mass is 227 g/mol. The van der Waals surface area contributed by atoms with E-state index in [9.17, 15) is 0 Å². The molecule has 12 heavy (non-hydrogen) atoms. The summed E-state index contributed by atoms with van der Waals surface area (Å²) < 4.78 is 2.04. The van der Waals surface area contributed by atoms with Crippen molar-refractivity contribution in [3.63, 3.8) is 0 Å². The Morgan fingerprint density at radius 2 is 1.92 bits per heavy atom. The summed E-state index contributed by atoms with van der Waals surface area (Å²) in [7, 11) is 2.03. The first kappa shape index (κ1) is 9.75. The Bertz CT molecular complexity index is 208. The van der Waals surface area contributed by atoms with Crippen LogP contribution < -0.4 is 0 Å². The topological polar surface area (TPSA) is 3.24 Å². The van der Waals surface area contributed by atoms with Crippen molar-refractivity contribution >= 4 is 16.1 Å². The van der Waals surface area contributed by atoms with Crippen LogP contribution in [-0.4, -0.2) is 17.5 Å². The Morgan fingerprint density at radius 3 is 2.50 bits per heavy atom. The molecule has 1 nitrogen and oxygen atoms in total. The van der Waals surface area contributed by atoms with Crippen LogP contribution in [0.15, 0.2) is 30.3 Å². The number of nitrogens with zero attached hydrogens (tertiary/aromatic N) is 1. The molecule has 2 heteroatoms. The first-order chi connectivity index (χ1) is 5.79. The second kappa shape index (κ2) is 5.33. The summed E-state index contributed by atoms with van der Waals surface area (Å²) in [6, 6.07) is 10.6. The number of halogens is 1. The van der Waals surface area contributed by atoms with Gasteiger partial charge in [0.2, 0.25) is 0 Å². The van der Waals surface area contributed by atoms with Crippen molar-refractivity contribution in [2.24, 2.45) is 0 Å². The van der Waals surface area contributed by atoms with E-state index in [1.165, 1.54) is 12.0 Å². The van der Waals surface area contributed by atoms with E-state index in [-0.39, 0.29) is 0 Å². The summed E-state index contributed by atoms with van der Waals surface area (Å²) >= 11 is 3.38. The molecule has 0 N–H and O–H groups in total. The molecule has 0 unspecified atom stereocenters. The van der Waals surface area contributed by atoms with Crippen LogP contribution in [-0.2, 0) is 6.42 Å². The number of hydrogen-bond donors (Lipinski definition) is 0. The van der Waals surface area contributed by atoms with Crippen molar-refractivity contribution in [3.05, 3.63) is 35.9 Å². The van der Waals surface area contributed by atoms with Gasteiger partial charge in [-0.15, -0.1) is 0 Å². The highest BCUT2D eigenvalue weighted by atomic mass is 79.9. The summed E-state index contributed by atoms with van der Waals surface area (Å²) in [6.45, 7) is 1.09. The van der Waals surface area contributed by atoms with Gasteiger partial charge in [0.1, 0.15) is 0 Å². The number of aryl methyl sites for hydroxylation is 1. The van der Waals surface area contributed by atoms with Crippen molar-refractivity contribution in [2.45, 2.75) is 12.8 Å². The predicted octanol–water partition coefficient (Wildman–Crippen LogP) is 2.86. The van der Waals surface area contributed by atoms with E-state index in [1.54, 1.807) is 0 Å². The Balaban J connectivity index is 2.25. The molecular formula is C10H14BrN. The van der Waals surface area contributed by atoms with Crippen LogP contribution in [0.2, 0.25) is 0 Å². The second-order valence-electron chi connectivity index (χ2n) is 2.92. The molecule has 1 aromatic carbocycles. The minimum atomic E-state index is 1.09. The lowest BCUT2D eigenvalue weighted by Crippen LogP contribution is -2.06. The highest BCUT2D eigenvalue weighted by Crippen LogP contribution is 2.03. The largest absolute Gasteiger partial charge is 0.245 e. The molecule has 0 radical (unpaired) electrons. The van der Waals surface area contributed by atoms with Gasteiger partial charge in [-0.1, -0.05) is 30.3 Å². The summed E-state index contributed by atoms with van der Waals surface area (Å²) in [5, 5.41) is 0. The van der Waals surface area contributed by atoms with E-state index in [2.05, 4.69) is 46.5 Å². The van der Waals surface area contributed by atoms with Crippen LogP contribution >= 0.6 is 16.1 Å². The fraction of sp³-hybridized carbons (Fsp3) is 0.400. The molecule has 1 aromatic rings. The van der Waals surface area contributed by atoms with Crippen LogP contribution in [0.4, 0.5) is 0 Å². The van der Waals surface area contributed by atoms with Crippen molar-refractivity contribution in [2.75, 3.05) is 13.6 Å². The van der Waals surface area contributed by atoms with Crippen LogP contribution in [0.25, 0.3) is 0 Å². The molecule has 0 atom stereocenters. The van der Waals surface area contributed by atoms with Crippen LogP contribution in [0.5, 0.6) is 0 Å². The van der Waals surface area contributed by atoms with Gasteiger partial charge in [0, 0.05) is 22.7 Å². The molecule has 0 fully saturated rings. The second-order valence-corrected chi connectivity index (χ2v) is 4.13. The Hall–Kier alpha value is -0.340. The van der Waals surface area contributed by atoms with Gasteiger partial charge in [-0.3, -0.25) is 0 Å². The smallest absolute Gasteiger partial charge is 0.0117 e. The molecule has 66 valence electrons. The van der Waals surface area contributed by atoms with Crippen LogP contribution in [0.1, 0.15) is 12.0 Å². The molecule has 0 aliphatic rings. The molecule has 0 aliphatic heterocycles. The summed E-state index contributed by atoms with van der Waals surface area (Å²) in [5.41, 5.74) is 1.42. The highest BCUT2D eigenvalue weighted by Gasteiger charge is 1.93. The third-order valence-corrected chi connectivity index (χ3v) is 2.13. The first-order valence-corrected chi connectivity index (χ1v) is 4.91. The molecule has 0 aliphatic carbocycles. The standard InChI is InChI=1S/C10H14BrN/c1-12(11)9-5-8-10-6-3-2-4-7-10/h2-4,6-7H,5,8-9H2,1H3. The van der Waals surface area contributed by atoms with E-state index in [1.807, 2.05) is 11.0 Å². The van der Waals surface area contributed by atoms with E-state index < -0.39 is 0 Å². The molecule has 0 saturated heterocycles. The number of rotatable bonds is 4. The van der Waals surface area contributed by atoms with E-state index >= 15 is 0 Å². The van der Waals surface area contributed by atoms with Gasteiger partial charge in [-0.2, -0.15) is 0 Å². The normalized spacial score (nSPS) is 10.6. The summed E-state index contributed by atoms with van der Waals surface area (Å²) in [4.78, 5) is 0. The van der Waals surface area contributed by atoms with Crippen molar-refractivity contribution in [1.29, 1.82) is 0 Å². The van der Waals surface area contributed by atoms with E-state index in [4.69, 9.17) is 0 Å². The first-order valence-electron chi connectivity index (χ1n) is 4.20. The predicted molar refractivity (Wildman–Crippen MR) is 56.3 cm³/mol. The average Bonchev–Trinajstić information content (AvgIpc) is 2.05. The van der Waals surface area contributed by atoms with Crippen molar-refractivity contribution in [1.82, 2.24) is 3.93 Å². The number of hydrogen-bond acceptors (Lipinski definition) is 1. The fourth-order valence-corrected chi connectivity index (χ4v) is 1.40. The lowest BCUT2D eigenvalue weighted by atomic mass is 10.1. The van der Waals surface area contributed by atoms with Gasteiger partial charge < -0.3 is 0 Å². The highest BCUT2D eigenvalue weighted by molar-refractivity contribution is 9.07. The molecule has 0 aromatic heterocycles. The third kappa shape index (κ3) is 3.88. The lowest BCUT2D eigenvalue weighted by molar-refractivity contribution is 0.559. The molecule has 1 rings (SSSR count). The Morgan fingerprint density at radius 1 is 1.25 bits per heavy atom. The van der Waals surface area contributed by atoms with Gasteiger partial charge in [-0.05, 0) is 25.5 Å². The summed E-state index contributed by atoms with van der Waals surface area (Å²) in [6.07, 6.45) is 2.36. The fourth-order valence-electron chi connectivity index (χ4n) is 1.15. The average molecular weight is 228 g/mol. The van der Waals surface area contributed by atoms with E-state index in [0.29, 0.717) is 0 Å². The van der Waals surface area contributed by atoms with Crippen LogP contribution in [0, 0.1) is 0 Å². The SMILES string of the molecule is CN(Br)CCCc1ccccc1. The van der Waals surface area contributed by atoms with Crippen LogP contribution in [0.3, 0.4) is 0 Å². The molecular weight excluding hydrogens is 214 g/mol. The molecule has 0 spiro atoms. The molecule has 0 bridgehead atoms. The zero-order valence-corrected chi connectivity index (χ0v) is 8.92. The van der Waals surface area contributed by atoms with Gasteiger partial charge in [0.15, 0.2) is 0 Å². The maximum atomic E-state index is 3.38. The quantitative estimate of drug-likeness (QED) is 0.716.